The van der Waals surface area contributed by atoms with Gasteiger partial charge >= 0.3 is 6.03 Å². The number of benzene rings is 1. The molecule has 134 valence electrons. The molecule has 0 bridgehead atoms. The average Bonchev–Trinajstić information content (AvgIpc) is 2.55. The third-order valence-electron chi connectivity index (χ3n) is 4.76. The van der Waals surface area contributed by atoms with Crippen molar-refractivity contribution in [2.24, 2.45) is 0 Å². The molecule has 1 saturated heterocycles. The van der Waals surface area contributed by atoms with Gasteiger partial charge in [-0.1, -0.05) is 6.07 Å². The summed E-state index contributed by atoms with van der Waals surface area (Å²) in [6.07, 6.45) is 0. The van der Waals surface area contributed by atoms with Gasteiger partial charge in [-0.15, -0.1) is 0 Å². The predicted molar refractivity (Wildman–Crippen MR) is 101 cm³/mol. The van der Waals surface area contributed by atoms with Crippen molar-refractivity contribution in [1.82, 2.24) is 15.1 Å². The number of nitrogens with zero attached hydrogens (tertiary/aromatic N) is 3. The van der Waals surface area contributed by atoms with Gasteiger partial charge in [0.15, 0.2) is 0 Å². The summed E-state index contributed by atoms with van der Waals surface area (Å²) in [4.78, 5) is 19.0. The van der Waals surface area contributed by atoms with E-state index in [4.69, 9.17) is 0 Å². The Hall–Kier alpha value is -1.79. The number of likely N-dealkylation sites (N-methyl/N-ethyl adjacent to an activating group) is 2. The van der Waals surface area contributed by atoms with Gasteiger partial charge in [-0.2, -0.15) is 0 Å². The van der Waals surface area contributed by atoms with E-state index < -0.39 is 0 Å². The Kier molecular flexibility index (Phi) is 6.45. The van der Waals surface area contributed by atoms with E-state index in [1.807, 2.05) is 18.2 Å². The molecular formula is C18H31N5O. The first kappa shape index (κ1) is 18.5. The molecule has 0 saturated carbocycles. The fourth-order valence-corrected chi connectivity index (χ4v) is 2.81. The number of piperazine rings is 1. The number of carbonyl (C=O) groups excluding carboxylic acids is 1. The number of hydrogen-bond acceptors (Lipinski definition) is 4. The van der Waals surface area contributed by atoms with Crippen LogP contribution < -0.4 is 15.5 Å². The number of nitrogens with one attached hydrogen (secondary N) is 2. The van der Waals surface area contributed by atoms with Gasteiger partial charge in [-0.25, -0.2) is 4.79 Å². The summed E-state index contributed by atoms with van der Waals surface area (Å²) >= 11 is 0. The van der Waals surface area contributed by atoms with E-state index in [0.29, 0.717) is 18.6 Å². The Labute approximate surface area is 145 Å². The summed E-state index contributed by atoms with van der Waals surface area (Å²) in [7, 11) is 6.29. The minimum atomic E-state index is -0.152. The summed E-state index contributed by atoms with van der Waals surface area (Å²) in [6, 6.07) is 8.54. The Morgan fingerprint density at radius 1 is 1.33 bits per heavy atom. The van der Waals surface area contributed by atoms with Gasteiger partial charge in [0.2, 0.25) is 0 Å². The van der Waals surface area contributed by atoms with Gasteiger partial charge in [0.1, 0.15) is 0 Å². The van der Waals surface area contributed by atoms with Crippen molar-refractivity contribution in [3.05, 3.63) is 24.3 Å². The van der Waals surface area contributed by atoms with Crippen LogP contribution >= 0.6 is 0 Å². The van der Waals surface area contributed by atoms with Gasteiger partial charge in [0.05, 0.1) is 0 Å². The van der Waals surface area contributed by atoms with Gasteiger partial charge < -0.3 is 20.4 Å². The minimum Gasteiger partial charge on any atom is -0.372 e. The molecule has 0 spiro atoms. The number of hydrogen-bond donors (Lipinski definition) is 2. The van der Waals surface area contributed by atoms with Gasteiger partial charge in [0, 0.05) is 56.7 Å². The number of rotatable bonds is 5. The third kappa shape index (κ3) is 5.11. The molecule has 0 radical (unpaired) electrons. The lowest BCUT2D eigenvalue weighted by Gasteiger charge is -2.37. The summed E-state index contributed by atoms with van der Waals surface area (Å²) in [5.74, 6) is 0. The van der Waals surface area contributed by atoms with E-state index in [1.54, 1.807) is 0 Å². The van der Waals surface area contributed by atoms with Crippen molar-refractivity contribution in [2.45, 2.75) is 25.9 Å². The fourth-order valence-electron chi connectivity index (χ4n) is 2.81. The molecule has 1 aromatic rings. The Balaban J connectivity index is 1.87. The zero-order chi connectivity index (χ0) is 17.7. The second-order valence-electron chi connectivity index (χ2n) is 6.99. The fraction of sp³-hybridized carbons (Fsp3) is 0.611. The van der Waals surface area contributed by atoms with E-state index in [0.717, 1.165) is 31.0 Å². The Morgan fingerprint density at radius 2 is 2.08 bits per heavy atom. The summed E-state index contributed by atoms with van der Waals surface area (Å²) < 4.78 is 0. The first-order valence-electron chi connectivity index (χ1n) is 8.63. The van der Waals surface area contributed by atoms with Crippen LogP contribution in [0.15, 0.2) is 24.3 Å². The summed E-state index contributed by atoms with van der Waals surface area (Å²) in [6.45, 7) is 8.03. The molecule has 1 aliphatic heterocycles. The largest absolute Gasteiger partial charge is 0.372 e. The van der Waals surface area contributed by atoms with E-state index in [1.165, 1.54) is 0 Å². The maximum absolute atomic E-state index is 12.2. The molecule has 0 unspecified atom stereocenters. The number of carbonyl (C=O) groups is 1. The van der Waals surface area contributed by atoms with Crippen LogP contribution in [0.4, 0.5) is 16.2 Å². The monoisotopic (exact) mass is 333 g/mol. The predicted octanol–water partition coefficient (Wildman–Crippen LogP) is 1.90. The molecule has 6 heteroatoms. The molecule has 24 heavy (non-hydrogen) atoms. The SMILES string of the molecule is CC(C)N(C)c1cccc(NC(=O)NC[C@H]2CN(C)CCN2C)c1. The highest BCUT2D eigenvalue weighted by atomic mass is 16.2. The average molecular weight is 333 g/mol. The topological polar surface area (TPSA) is 50.9 Å². The van der Waals surface area contributed by atoms with Crippen LogP contribution in [0.2, 0.25) is 0 Å². The molecule has 2 rings (SSSR count). The maximum Gasteiger partial charge on any atom is 0.319 e. The molecule has 1 fully saturated rings. The highest BCUT2D eigenvalue weighted by Gasteiger charge is 2.22. The lowest BCUT2D eigenvalue weighted by Crippen LogP contribution is -2.54. The van der Waals surface area contributed by atoms with Crippen molar-refractivity contribution in [3.63, 3.8) is 0 Å². The van der Waals surface area contributed by atoms with Crippen molar-refractivity contribution in [3.8, 4) is 0 Å². The Morgan fingerprint density at radius 3 is 2.79 bits per heavy atom. The van der Waals surface area contributed by atoms with Crippen molar-refractivity contribution < 1.29 is 4.79 Å². The van der Waals surface area contributed by atoms with Crippen LogP contribution in [0, 0.1) is 0 Å². The first-order chi connectivity index (χ1) is 11.4. The maximum atomic E-state index is 12.2. The second kappa shape index (κ2) is 8.35. The van der Waals surface area contributed by atoms with E-state index in [9.17, 15) is 4.79 Å². The highest BCUT2D eigenvalue weighted by molar-refractivity contribution is 5.89. The molecule has 0 aliphatic carbocycles. The molecule has 1 heterocycles. The van der Waals surface area contributed by atoms with Crippen LogP contribution in [0.5, 0.6) is 0 Å². The van der Waals surface area contributed by atoms with Gasteiger partial charge in [-0.3, -0.25) is 4.90 Å². The van der Waals surface area contributed by atoms with Crippen LogP contribution in [0.1, 0.15) is 13.8 Å². The lowest BCUT2D eigenvalue weighted by atomic mass is 10.2. The van der Waals surface area contributed by atoms with Crippen molar-refractivity contribution in [2.75, 3.05) is 57.5 Å². The normalized spacial score (nSPS) is 19.3. The Bertz CT molecular complexity index is 548. The number of amides is 2. The molecular weight excluding hydrogens is 302 g/mol. The van der Waals surface area contributed by atoms with Crippen LogP contribution in [-0.2, 0) is 0 Å². The zero-order valence-electron chi connectivity index (χ0n) is 15.5. The zero-order valence-corrected chi connectivity index (χ0v) is 15.5. The highest BCUT2D eigenvalue weighted by Crippen LogP contribution is 2.20. The number of anilines is 2. The van der Waals surface area contributed by atoms with E-state index in [-0.39, 0.29) is 6.03 Å². The quantitative estimate of drug-likeness (QED) is 0.864. The molecule has 1 atom stereocenters. The molecule has 2 N–H and O–H groups in total. The van der Waals surface area contributed by atoms with E-state index in [2.05, 4.69) is 66.4 Å². The van der Waals surface area contributed by atoms with Gasteiger partial charge in [-0.05, 0) is 46.1 Å². The van der Waals surface area contributed by atoms with Crippen LogP contribution in [-0.4, -0.2) is 75.2 Å². The smallest absolute Gasteiger partial charge is 0.319 e. The van der Waals surface area contributed by atoms with Gasteiger partial charge in [0.25, 0.3) is 0 Å². The van der Waals surface area contributed by atoms with Crippen LogP contribution in [0.3, 0.4) is 0 Å². The van der Waals surface area contributed by atoms with Crippen molar-refractivity contribution >= 4 is 17.4 Å². The molecule has 1 aliphatic rings. The number of urea groups is 1. The molecule has 6 nitrogen and oxygen atoms in total. The summed E-state index contributed by atoms with van der Waals surface area (Å²) in [5, 5.41) is 5.92. The lowest BCUT2D eigenvalue weighted by molar-refractivity contribution is 0.115. The van der Waals surface area contributed by atoms with E-state index >= 15 is 0 Å². The minimum absolute atomic E-state index is 0.152. The molecule has 0 aromatic heterocycles. The third-order valence-corrected chi connectivity index (χ3v) is 4.76. The molecule has 1 aromatic carbocycles. The van der Waals surface area contributed by atoms with Crippen LogP contribution in [0.25, 0.3) is 0 Å². The standard InChI is InChI=1S/C18H31N5O/c1-14(2)23(5)16-8-6-7-15(11-16)20-18(24)19-12-17-13-21(3)9-10-22(17)4/h6-8,11,14,17H,9-10,12-13H2,1-5H3,(H2,19,20,24)/t17-/m0/s1. The second-order valence-corrected chi connectivity index (χ2v) is 6.99. The molecule has 2 amide bonds. The summed E-state index contributed by atoms with van der Waals surface area (Å²) in [5.41, 5.74) is 1.91. The van der Waals surface area contributed by atoms with Crippen molar-refractivity contribution in [1.29, 1.82) is 0 Å². The first-order valence-corrected chi connectivity index (χ1v) is 8.63.